The smallest absolute Gasteiger partial charge is 0.336 e. The van der Waals surface area contributed by atoms with Crippen molar-refractivity contribution in [3.8, 4) is 11.5 Å². The van der Waals surface area contributed by atoms with Crippen LogP contribution in [0.5, 0.6) is 11.5 Å². The number of aromatic nitrogens is 1. The Morgan fingerprint density at radius 2 is 1.69 bits per heavy atom. The number of aryl methyl sites for hydroxylation is 1. The van der Waals surface area contributed by atoms with Crippen LogP contribution < -0.4 is 15.7 Å². The van der Waals surface area contributed by atoms with Crippen molar-refractivity contribution in [2.45, 2.75) is 19.3 Å². The summed E-state index contributed by atoms with van der Waals surface area (Å²) in [7, 11) is 0. The summed E-state index contributed by atoms with van der Waals surface area (Å²) in [5.74, 6) is 1.32. The third-order valence-corrected chi connectivity index (χ3v) is 5.87. The fourth-order valence-electron chi connectivity index (χ4n) is 4.34. The molecule has 0 unspecified atom stereocenters. The van der Waals surface area contributed by atoms with Gasteiger partial charge in [0.05, 0.1) is 11.2 Å². The van der Waals surface area contributed by atoms with Crippen molar-refractivity contribution in [1.29, 1.82) is 0 Å². The van der Waals surface area contributed by atoms with Crippen LogP contribution >= 0.6 is 0 Å². The minimum atomic E-state index is -0.375. The molecule has 32 heavy (non-hydrogen) atoms. The average Bonchev–Trinajstić information content (AvgIpc) is 3.28. The van der Waals surface area contributed by atoms with Gasteiger partial charge in [0.1, 0.15) is 17.1 Å². The molecule has 2 heterocycles. The van der Waals surface area contributed by atoms with Crippen LogP contribution in [0.25, 0.3) is 21.9 Å². The lowest BCUT2D eigenvalue weighted by Crippen LogP contribution is -2.00. The van der Waals surface area contributed by atoms with E-state index in [0.29, 0.717) is 17.1 Å². The van der Waals surface area contributed by atoms with Gasteiger partial charge < -0.3 is 14.5 Å². The first kappa shape index (κ1) is 18.6. The van der Waals surface area contributed by atoms with Gasteiger partial charge in [0.25, 0.3) is 0 Å². The maximum Gasteiger partial charge on any atom is 0.336 e. The quantitative estimate of drug-likeness (QED) is 0.343. The first-order valence-electron chi connectivity index (χ1n) is 10.7. The molecule has 0 saturated heterocycles. The summed E-state index contributed by atoms with van der Waals surface area (Å²) in [4.78, 5) is 16.3. The number of para-hydroxylation sites is 1. The molecule has 0 aliphatic heterocycles. The molecule has 156 valence electrons. The molecule has 1 aliphatic carbocycles. The summed E-state index contributed by atoms with van der Waals surface area (Å²) in [6, 6.07) is 24.8. The van der Waals surface area contributed by atoms with E-state index in [1.165, 1.54) is 17.3 Å². The third kappa shape index (κ3) is 3.38. The van der Waals surface area contributed by atoms with Crippen LogP contribution in [0.3, 0.4) is 0 Å². The second-order valence-corrected chi connectivity index (χ2v) is 7.99. The van der Waals surface area contributed by atoms with Crippen LogP contribution in [-0.4, -0.2) is 4.98 Å². The van der Waals surface area contributed by atoms with Crippen LogP contribution in [-0.2, 0) is 12.8 Å². The van der Waals surface area contributed by atoms with Crippen LogP contribution in [0.2, 0.25) is 0 Å². The Labute approximate surface area is 184 Å². The Kier molecular flexibility index (Phi) is 4.39. The molecule has 5 heteroatoms. The number of anilines is 2. The maximum atomic E-state index is 11.5. The van der Waals surface area contributed by atoms with Gasteiger partial charge in [-0.15, -0.1) is 0 Å². The van der Waals surface area contributed by atoms with Crippen molar-refractivity contribution in [2.75, 3.05) is 5.32 Å². The van der Waals surface area contributed by atoms with Gasteiger partial charge in [-0.2, -0.15) is 0 Å². The number of hydrogen-bond donors (Lipinski definition) is 1. The first-order valence-corrected chi connectivity index (χ1v) is 10.7. The third-order valence-electron chi connectivity index (χ3n) is 5.87. The van der Waals surface area contributed by atoms with Gasteiger partial charge in [-0.3, -0.25) is 4.98 Å². The lowest BCUT2D eigenvalue weighted by Gasteiger charge is -2.15. The van der Waals surface area contributed by atoms with Crippen LogP contribution in [0, 0.1) is 0 Å². The summed E-state index contributed by atoms with van der Waals surface area (Å²) in [5, 5.41) is 5.62. The molecule has 0 saturated carbocycles. The first-order chi connectivity index (χ1) is 15.7. The van der Waals surface area contributed by atoms with Crippen molar-refractivity contribution in [2.24, 2.45) is 0 Å². The van der Waals surface area contributed by atoms with E-state index < -0.39 is 0 Å². The Hall–Kier alpha value is -4.12. The molecular weight excluding hydrogens is 400 g/mol. The lowest BCUT2D eigenvalue weighted by atomic mass is 10.1. The highest BCUT2D eigenvalue weighted by atomic mass is 16.5. The normalized spacial score (nSPS) is 12.8. The van der Waals surface area contributed by atoms with E-state index in [1.54, 1.807) is 12.1 Å². The molecular formula is C27H20N2O3. The van der Waals surface area contributed by atoms with E-state index in [4.69, 9.17) is 14.1 Å². The summed E-state index contributed by atoms with van der Waals surface area (Å²) in [6.45, 7) is 0. The van der Waals surface area contributed by atoms with Crippen LogP contribution in [0.15, 0.2) is 88.1 Å². The van der Waals surface area contributed by atoms with E-state index >= 15 is 0 Å². The number of rotatable bonds is 4. The van der Waals surface area contributed by atoms with Crippen molar-refractivity contribution >= 4 is 33.2 Å². The zero-order chi connectivity index (χ0) is 21.5. The molecule has 1 aliphatic rings. The van der Waals surface area contributed by atoms with Crippen molar-refractivity contribution in [1.82, 2.24) is 4.98 Å². The zero-order valence-electron chi connectivity index (χ0n) is 17.3. The molecule has 5 nitrogen and oxygen atoms in total. The molecule has 6 rings (SSSR count). The van der Waals surface area contributed by atoms with Crippen LogP contribution in [0.1, 0.15) is 17.7 Å². The summed E-state index contributed by atoms with van der Waals surface area (Å²) in [5.41, 5.74) is 5.83. The molecule has 0 atom stereocenters. The zero-order valence-corrected chi connectivity index (χ0v) is 17.3. The highest BCUT2D eigenvalue weighted by Crippen LogP contribution is 2.36. The highest BCUT2D eigenvalue weighted by molar-refractivity contribution is 5.95. The molecule has 5 aromatic rings. The van der Waals surface area contributed by atoms with Crippen molar-refractivity contribution in [3.05, 3.63) is 101 Å². The second-order valence-electron chi connectivity index (χ2n) is 7.99. The molecule has 1 N–H and O–H groups in total. The van der Waals surface area contributed by atoms with E-state index in [-0.39, 0.29) is 5.63 Å². The second kappa shape index (κ2) is 7.54. The Morgan fingerprint density at radius 1 is 0.875 bits per heavy atom. The Balaban J connectivity index is 1.28. The number of nitrogens with zero attached hydrogens (tertiary/aromatic N) is 1. The van der Waals surface area contributed by atoms with Gasteiger partial charge >= 0.3 is 5.63 Å². The van der Waals surface area contributed by atoms with Gasteiger partial charge in [-0.1, -0.05) is 18.2 Å². The molecule has 0 spiro atoms. The monoisotopic (exact) mass is 420 g/mol. The predicted octanol–water partition coefficient (Wildman–Crippen LogP) is 6.37. The van der Waals surface area contributed by atoms with Gasteiger partial charge in [0.15, 0.2) is 0 Å². The molecule has 3 aromatic carbocycles. The number of hydrogen-bond acceptors (Lipinski definition) is 5. The largest absolute Gasteiger partial charge is 0.457 e. The highest BCUT2D eigenvalue weighted by Gasteiger charge is 2.19. The maximum absolute atomic E-state index is 11.5. The lowest BCUT2D eigenvalue weighted by molar-refractivity contribution is 0.480. The van der Waals surface area contributed by atoms with Crippen LogP contribution in [0.4, 0.5) is 11.4 Å². The molecule has 2 aromatic heterocycles. The van der Waals surface area contributed by atoms with Gasteiger partial charge in [-0.05, 0) is 73.4 Å². The number of ether oxygens (including phenoxy) is 1. The summed E-state index contributed by atoms with van der Waals surface area (Å²) >= 11 is 0. The van der Waals surface area contributed by atoms with E-state index in [0.717, 1.165) is 46.9 Å². The standard InChI is InChI=1S/C27H20N2O3/c30-26-15-9-17-8-12-20(16-25(17)32-26)31-19-13-10-18(11-14-19)28-27-21-4-1-2-6-23(21)29-24-7-3-5-22(24)27/h1-2,4,6,8-16H,3,5,7H2,(H,28,29). The Bertz CT molecular complexity index is 1520. The number of benzene rings is 3. The molecule has 0 amide bonds. The fourth-order valence-corrected chi connectivity index (χ4v) is 4.34. The van der Waals surface area contributed by atoms with E-state index in [2.05, 4.69) is 23.5 Å². The van der Waals surface area contributed by atoms with Crippen molar-refractivity contribution in [3.63, 3.8) is 0 Å². The Morgan fingerprint density at radius 3 is 2.59 bits per heavy atom. The summed E-state index contributed by atoms with van der Waals surface area (Å²) in [6.07, 6.45) is 3.23. The van der Waals surface area contributed by atoms with Crippen molar-refractivity contribution < 1.29 is 9.15 Å². The number of pyridine rings is 1. The minimum Gasteiger partial charge on any atom is -0.457 e. The summed E-state index contributed by atoms with van der Waals surface area (Å²) < 4.78 is 11.2. The van der Waals surface area contributed by atoms with E-state index in [9.17, 15) is 4.79 Å². The molecule has 0 bridgehead atoms. The number of fused-ring (bicyclic) bond motifs is 3. The fraction of sp³-hybridized carbons (Fsp3) is 0.111. The molecule has 0 fully saturated rings. The average molecular weight is 420 g/mol. The van der Waals surface area contributed by atoms with Gasteiger partial charge in [-0.25, -0.2) is 4.79 Å². The number of nitrogens with one attached hydrogen (secondary N) is 1. The SMILES string of the molecule is O=c1ccc2ccc(Oc3ccc(Nc4c5c(nc6ccccc46)CCC5)cc3)cc2o1. The van der Waals surface area contributed by atoms with Gasteiger partial charge in [0.2, 0.25) is 0 Å². The molecule has 0 radical (unpaired) electrons. The van der Waals surface area contributed by atoms with Gasteiger partial charge in [0, 0.05) is 34.3 Å². The topological polar surface area (TPSA) is 64.4 Å². The minimum absolute atomic E-state index is 0.375. The predicted molar refractivity (Wildman–Crippen MR) is 126 cm³/mol. The van der Waals surface area contributed by atoms with E-state index in [1.807, 2.05) is 42.5 Å².